The second-order valence-corrected chi connectivity index (χ2v) is 8.30. The van der Waals surface area contributed by atoms with Crippen molar-refractivity contribution in [2.45, 2.75) is 25.2 Å². The molecule has 2 atom stereocenters. The molecule has 0 radical (unpaired) electrons. The van der Waals surface area contributed by atoms with Gasteiger partial charge in [-0.15, -0.1) is 0 Å². The minimum absolute atomic E-state index is 0.594. The van der Waals surface area contributed by atoms with Crippen LogP contribution in [0.5, 0.6) is 11.5 Å². The van der Waals surface area contributed by atoms with E-state index in [-0.39, 0.29) is 0 Å². The molecule has 0 spiro atoms. The van der Waals surface area contributed by atoms with Crippen LogP contribution in [0.25, 0.3) is 6.08 Å². The summed E-state index contributed by atoms with van der Waals surface area (Å²) < 4.78 is 10.9. The lowest BCUT2D eigenvalue weighted by Crippen LogP contribution is -2.31. The van der Waals surface area contributed by atoms with E-state index in [0.29, 0.717) is 11.8 Å². The highest BCUT2D eigenvalue weighted by Crippen LogP contribution is 2.42. The number of hydrogen-bond donors (Lipinski definition) is 1. The Balaban J connectivity index is 1.24. The van der Waals surface area contributed by atoms with Gasteiger partial charge in [0.2, 0.25) is 0 Å². The molecule has 4 heteroatoms. The van der Waals surface area contributed by atoms with Crippen molar-refractivity contribution in [2.75, 3.05) is 46.2 Å². The molecular formula is C25H32N2O2. The van der Waals surface area contributed by atoms with E-state index in [9.17, 15) is 0 Å². The first-order valence-electron chi connectivity index (χ1n) is 10.6. The van der Waals surface area contributed by atoms with Crippen LogP contribution in [0, 0.1) is 5.92 Å². The minimum atomic E-state index is 0.594. The SMILES string of the molecule is COc1cc2c(cc1OC)[C@@H](CN(C)CCCC1C=Cc3ccccc3NC1)C2. The molecule has 4 rings (SSSR count). The van der Waals surface area contributed by atoms with Crippen LogP contribution in [0.2, 0.25) is 0 Å². The molecule has 4 nitrogen and oxygen atoms in total. The van der Waals surface area contributed by atoms with E-state index >= 15 is 0 Å². The van der Waals surface area contributed by atoms with Crippen LogP contribution in [0.3, 0.4) is 0 Å². The predicted octanol–water partition coefficient (Wildman–Crippen LogP) is 4.81. The molecule has 0 fully saturated rings. The monoisotopic (exact) mass is 392 g/mol. The molecule has 1 heterocycles. The van der Waals surface area contributed by atoms with Crippen molar-refractivity contribution in [3.8, 4) is 11.5 Å². The van der Waals surface area contributed by atoms with Crippen molar-refractivity contribution in [3.05, 3.63) is 59.2 Å². The number of likely N-dealkylation sites (N-methyl/N-ethyl adjacent to an activating group) is 1. The third-order valence-corrected chi connectivity index (χ3v) is 6.26. The molecule has 1 N–H and O–H groups in total. The van der Waals surface area contributed by atoms with Crippen molar-refractivity contribution >= 4 is 11.8 Å². The standard InChI is InChI=1S/C25H32N2O2/c1-27(17-21-13-20-14-24(28-2)25(29-3)15-22(20)21)12-6-7-18-10-11-19-8-4-5-9-23(19)26-16-18/h4-5,8-11,14-15,18,21,26H,6-7,12-13,16-17H2,1-3H3/t18?,21-/m1/s1. The van der Waals surface area contributed by atoms with Gasteiger partial charge in [0.15, 0.2) is 11.5 Å². The van der Waals surface area contributed by atoms with E-state index < -0.39 is 0 Å². The minimum Gasteiger partial charge on any atom is -0.493 e. The number of rotatable bonds is 8. The van der Waals surface area contributed by atoms with Crippen LogP contribution in [-0.2, 0) is 6.42 Å². The molecule has 29 heavy (non-hydrogen) atoms. The average molecular weight is 393 g/mol. The molecule has 2 aromatic carbocycles. The number of ether oxygens (including phenoxy) is 2. The van der Waals surface area contributed by atoms with E-state index in [1.165, 1.54) is 35.2 Å². The van der Waals surface area contributed by atoms with Gasteiger partial charge < -0.3 is 19.7 Å². The number of anilines is 1. The van der Waals surface area contributed by atoms with Crippen LogP contribution >= 0.6 is 0 Å². The Morgan fingerprint density at radius 3 is 2.72 bits per heavy atom. The first-order valence-corrected chi connectivity index (χ1v) is 10.6. The Labute approximate surface area is 174 Å². The topological polar surface area (TPSA) is 33.7 Å². The number of benzene rings is 2. The Bertz CT molecular complexity index is 877. The van der Waals surface area contributed by atoms with E-state index in [2.05, 4.69) is 65.8 Å². The number of nitrogens with one attached hydrogen (secondary N) is 1. The maximum absolute atomic E-state index is 5.47. The summed E-state index contributed by atoms with van der Waals surface area (Å²) in [7, 11) is 5.65. The quantitative estimate of drug-likeness (QED) is 0.699. The highest BCUT2D eigenvalue weighted by Gasteiger charge is 2.29. The summed E-state index contributed by atoms with van der Waals surface area (Å²) >= 11 is 0. The lowest BCUT2D eigenvalue weighted by Gasteiger charge is -2.34. The first-order chi connectivity index (χ1) is 14.2. The number of hydrogen-bond acceptors (Lipinski definition) is 4. The highest BCUT2D eigenvalue weighted by molar-refractivity contribution is 5.67. The van der Waals surface area contributed by atoms with Gasteiger partial charge in [-0.2, -0.15) is 0 Å². The zero-order valence-corrected chi connectivity index (χ0v) is 17.8. The fourth-order valence-corrected chi connectivity index (χ4v) is 4.54. The summed E-state index contributed by atoms with van der Waals surface area (Å²) in [5.41, 5.74) is 5.36. The summed E-state index contributed by atoms with van der Waals surface area (Å²) in [5.74, 6) is 2.87. The molecule has 0 bridgehead atoms. The van der Waals surface area contributed by atoms with Crippen LogP contribution < -0.4 is 14.8 Å². The predicted molar refractivity (Wildman–Crippen MR) is 120 cm³/mol. The molecule has 0 saturated heterocycles. The van der Waals surface area contributed by atoms with Crippen molar-refractivity contribution in [1.82, 2.24) is 4.90 Å². The molecule has 2 aromatic rings. The van der Waals surface area contributed by atoms with Gasteiger partial charge in [-0.05, 0) is 73.7 Å². The largest absolute Gasteiger partial charge is 0.493 e. The lowest BCUT2D eigenvalue weighted by molar-refractivity contribution is 0.287. The molecular weight excluding hydrogens is 360 g/mol. The van der Waals surface area contributed by atoms with E-state index in [1.54, 1.807) is 14.2 Å². The van der Waals surface area contributed by atoms with Gasteiger partial charge in [-0.3, -0.25) is 0 Å². The molecule has 0 amide bonds. The fourth-order valence-electron chi connectivity index (χ4n) is 4.54. The summed E-state index contributed by atoms with van der Waals surface area (Å²) in [6, 6.07) is 12.8. The van der Waals surface area contributed by atoms with Gasteiger partial charge in [0.1, 0.15) is 0 Å². The molecule has 1 unspecified atom stereocenters. The zero-order chi connectivity index (χ0) is 20.2. The van der Waals surface area contributed by atoms with Crippen LogP contribution in [0.15, 0.2) is 42.5 Å². The lowest BCUT2D eigenvalue weighted by atomic mass is 9.77. The summed E-state index contributed by atoms with van der Waals surface area (Å²) in [6.45, 7) is 3.26. The third kappa shape index (κ3) is 4.43. The van der Waals surface area contributed by atoms with Crippen molar-refractivity contribution in [1.29, 1.82) is 0 Å². The maximum Gasteiger partial charge on any atom is 0.161 e. The summed E-state index contributed by atoms with van der Waals surface area (Å²) in [4.78, 5) is 2.48. The van der Waals surface area contributed by atoms with Gasteiger partial charge in [0.25, 0.3) is 0 Å². The van der Waals surface area contributed by atoms with Gasteiger partial charge in [0.05, 0.1) is 14.2 Å². The van der Waals surface area contributed by atoms with Gasteiger partial charge in [0, 0.05) is 24.7 Å². The third-order valence-electron chi connectivity index (χ3n) is 6.26. The van der Waals surface area contributed by atoms with Crippen LogP contribution in [0.4, 0.5) is 5.69 Å². The molecule has 0 saturated carbocycles. The first kappa shape index (κ1) is 19.8. The van der Waals surface area contributed by atoms with E-state index in [1.807, 2.05) is 0 Å². The van der Waals surface area contributed by atoms with Gasteiger partial charge >= 0.3 is 0 Å². The van der Waals surface area contributed by atoms with Gasteiger partial charge in [-0.1, -0.05) is 30.4 Å². The van der Waals surface area contributed by atoms with E-state index in [4.69, 9.17) is 9.47 Å². The van der Waals surface area contributed by atoms with Crippen molar-refractivity contribution < 1.29 is 9.47 Å². The van der Waals surface area contributed by atoms with Crippen molar-refractivity contribution in [3.63, 3.8) is 0 Å². The Hall–Kier alpha value is -2.46. The fraction of sp³-hybridized carbons (Fsp3) is 0.440. The van der Waals surface area contributed by atoms with Gasteiger partial charge in [-0.25, -0.2) is 0 Å². The normalized spacial score (nSPS) is 19.6. The number of fused-ring (bicyclic) bond motifs is 2. The van der Waals surface area contributed by atoms with E-state index in [0.717, 1.165) is 37.6 Å². The Kier molecular flexibility index (Phi) is 6.10. The summed E-state index contributed by atoms with van der Waals surface area (Å²) in [6.07, 6.45) is 8.22. The molecule has 154 valence electrons. The smallest absolute Gasteiger partial charge is 0.161 e. The van der Waals surface area contributed by atoms with Crippen LogP contribution in [0.1, 0.15) is 35.4 Å². The number of nitrogens with zero attached hydrogens (tertiary/aromatic N) is 1. The van der Waals surface area contributed by atoms with Crippen LogP contribution in [-0.4, -0.2) is 45.8 Å². The summed E-state index contributed by atoms with van der Waals surface area (Å²) in [5, 5.41) is 3.60. The molecule has 0 aromatic heterocycles. The highest BCUT2D eigenvalue weighted by atomic mass is 16.5. The molecule has 2 aliphatic rings. The zero-order valence-electron chi connectivity index (χ0n) is 17.8. The number of methoxy groups -OCH3 is 2. The second kappa shape index (κ2) is 8.91. The molecule has 1 aliphatic carbocycles. The maximum atomic E-state index is 5.47. The average Bonchev–Trinajstić information content (AvgIpc) is 2.94. The second-order valence-electron chi connectivity index (χ2n) is 8.30. The Morgan fingerprint density at radius 2 is 1.90 bits per heavy atom. The molecule has 1 aliphatic heterocycles. The van der Waals surface area contributed by atoms with Crippen molar-refractivity contribution in [2.24, 2.45) is 5.92 Å². The Morgan fingerprint density at radius 1 is 1.10 bits per heavy atom. The number of para-hydroxylation sites is 1.